The zero-order chi connectivity index (χ0) is 16.2. The number of carbonyl (C=O) groups excluding carboxylic acids is 2. The normalized spacial score (nSPS) is 22.6. The first kappa shape index (κ1) is 16.1. The van der Waals surface area contributed by atoms with Crippen LogP contribution in [0, 0.1) is 0 Å². The molecule has 3 rings (SSSR count). The van der Waals surface area contributed by atoms with Crippen LogP contribution in [0.25, 0.3) is 0 Å². The van der Waals surface area contributed by atoms with Gasteiger partial charge in [0.25, 0.3) is 0 Å². The van der Waals surface area contributed by atoms with Gasteiger partial charge in [0, 0.05) is 44.6 Å². The highest BCUT2D eigenvalue weighted by atomic mass is 35.5. The van der Waals surface area contributed by atoms with E-state index in [4.69, 9.17) is 16.3 Å². The van der Waals surface area contributed by atoms with Crippen molar-refractivity contribution in [1.29, 1.82) is 0 Å². The van der Waals surface area contributed by atoms with Gasteiger partial charge < -0.3 is 15.0 Å². The summed E-state index contributed by atoms with van der Waals surface area (Å²) in [5.41, 5.74) is 0. The third-order valence-corrected chi connectivity index (χ3v) is 4.47. The van der Waals surface area contributed by atoms with Crippen molar-refractivity contribution in [3.05, 3.63) is 23.5 Å². The number of ether oxygens (including phenoxy) is 1. The molecule has 1 atom stereocenters. The molecule has 0 radical (unpaired) electrons. The molecule has 6 nitrogen and oxygen atoms in total. The second-order valence-corrected chi connectivity index (χ2v) is 6.43. The van der Waals surface area contributed by atoms with Gasteiger partial charge in [0.1, 0.15) is 17.9 Å². The summed E-state index contributed by atoms with van der Waals surface area (Å²) < 4.78 is 5.87. The molecule has 3 heterocycles. The Morgan fingerprint density at radius 1 is 1.30 bits per heavy atom. The van der Waals surface area contributed by atoms with Crippen molar-refractivity contribution in [2.45, 2.75) is 44.2 Å². The Balaban J connectivity index is 1.50. The van der Waals surface area contributed by atoms with Crippen molar-refractivity contribution in [2.75, 3.05) is 13.1 Å². The van der Waals surface area contributed by atoms with E-state index in [0.29, 0.717) is 30.3 Å². The molecule has 0 saturated carbocycles. The molecule has 0 unspecified atom stereocenters. The Hall–Kier alpha value is -1.82. The van der Waals surface area contributed by atoms with Crippen molar-refractivity contribution in [1.82, 2.24) is 15.2 Å². The van der Waals surface area contributed by atoms with E-state index in [0.717, 1.165) is 25.7 Å². The summed E-state index contributed by atoms with van der Waals surface area (Å²) in [7, 11) is 0. The van der Waals surface area contributed by atoms with Crippen LogP contribution in [0.1, 0.15) is 32.1 Å². The second-order valence-electron chi connectivity index (χ2n) is 5.99. The number of nitrogens with zero attached hydrogens (tertiary/aromatic N) is 2. The van der Waals surface area contributed by atoms with Crippen molar-refractivity contribution >= 4 is 23.4 Å². The van der Waals surface area contributed by atoms with E-state index in [2.05, 4.69) is 10.3 Å². The van der Waals surface area contributed by atoms with Gasteiger partial charge in [-0.25, -0.2) is 0 Å². The largest absolute Gasteiger partial charge is 0.489 e. The van der Waals surface area contributed by atoms with Crippen molar-refractivity contribution < 1.29 is 14.3 Å². The Labute approximate surface area is 140 Å². The molecular formula is C16H20ClN3O3. The summed E-state index contributed by atoms with van der Waals surface area (Å²) in [6, 6.07) is 1.38. The highest BCUT2D eigenvalue weighted by Crippen LogP contribution is 2.22. The van der Waals surface area contributed by atoms with Crippen LogP contribution in [0.2, 0.25) is 5.02 Å². The van der Waals surface area contributed by atoms with E-state index >= 15 is 0 Å². The Morgan fingerprint density at radius 3 is 2.78 bits per heavy atom. The molecule has 1 aromatic rings. The number of piperidine rings is 2. The van der Waals surface area contributed by atoms with Gasteiger partial charge in [-0.15, -0.1) is 0 Å². The number of rotatable bonds is 3. The van der Waals surface area contributed by atoms with Gasteiger partial charge in [-0.3, -0.25) is 14.6 Å². The smallest absolute Gasteiger partial charge is 0.245 e. The quantitative estimate of drug-likeness (QED) is 0.912. The van der Waals surface area contributed by atoms with E-state index in [1.807, 2.05) is 4.90 Å². The molecule has 0 spiro atoms. The fourth-order valence-electron chi connectivity index (χ4n) is 3.05. The lowest BCUT2D eigenvalue weighted by Crippen LogP contribution is -2.53. The average Bonchev–Trinajstić information content (AvgIpc) is 2.55. The maximum Gasteiger partial charge on any atom is 0.245 e. The molecule has 0 aromatic carbocycles. The third-order valence-electron chi connectivity index (χ3n) is 4.27. The van der Waals surface area contributed by atoms with Gasteiger partial charge in [0.05, 0.1) is 11.2 Å². The highest BCUT2D eigenvalue weighted by Gasteiger charge is 2.31. The molecule has 1 aromatic heterocycles. The van der Waals surface area contributed by atoms with Crippen LogP contribution in [-0.2, 0) is 9.59 Å². The minimum atomic E-state index is -0.356. The Morgan fingerprint density at radius 2 is 2.09 bits per heavy atom. The summed E-state index contributed by atoms with van der Waals surface area (Å²) in [5, 5.41) is 3.33. The van der Waals surface area contributed by atoms with Gasteiger partial charge in [0.2, 0.25) is 11.8 Å². The second kappa shape index (κ2) is 7.17. The standard InChI is InChI=1S/C16H20ClN3O3/c17-11-8-13(10-18-9-11)23-12-4-6-20(7-5-12)16(22)14-2-1-3-15(21)19-14/h8-10,12,14H,1-7H2,(H,19,21)/t14-/m1/s1. The molecule has 2 fully saturated rings. The minimum Gasteiger partial charge on any atom is -0.489 e. The van der Waals surface area contributed by atoms with E-state index in [9.17, 15) is 9.59 Å². The summed E-state index contributed by atoms with van der Waals surface area (Å²) in [6.45, 7) is 1.29. The summed E-state index contributed by atoms with van der Waals surface area (Å²) in [5.74, 6) is 0.656. The van der Waals surface area contributed by atoms with Gasteiger partial charge in [-0.2, -0.15) is 0 Å². The maximum absolute atomic E-state index is 12.5. The van der Waals surface area contributed by atoms with Gasteiger partial charge in [-0.1, -0.05) is 11.6 Å². The van der Waals surface area contributed by atoms with E-state index in [1.165, 1.54) is 0 Å². The first-order valence-electron chi connectivity index (χ1n) is 7.97. The molecule has 2 aliphatic rings. The molecule has 2 saturated heterocycles. The number of hydrogen-bond donors (Lipinski definition) is 1. The Bertz CT molecular complexity index is 588. The fraction of sp³-hybridized carbons (Fsp3) is 0.562. The predicted molar refractivity (Wildman–Crippen MR) is 85.3 cm³/mol. The molecule has 2 amide bonds. The van der Waals surface area contributed by atoms with E-state index < -0.39 is 0 Å². The number of likely N-dealkylation sites (tertiary alicyclic amines) is 1. The zero-order valence-corrected chi connectivity index (χ0v) is 13.6. The first-order chi connectivity index (χ1) is 11.1. The third kappa shape index (κ3) is 4.13. The molecular weight excluding hydrogens is 318 g/mol. The molecule has 0 bridgehead atoms. The molecule has 0 aliphatic carbocycles. The molecule has 23 heavy (non-hydrogen) atoms. The lowest BCUT2D eigenvalue weighted by molar-refractivity contribution is -0.139. The number of halogens is 1. The zero-order valence-electron chi connectivity index (χ0n) is 12.8. The van der Waals surface area contributed by atoms with Crippen LogP contribution in [0.3, 0.4) is 0 Å². The van der Waals surface area contributed by atoms with Crippen molar-refractivity contribution in [3.63, 3.8) is 0 Å². The average molecular weight is 338 g/mol. The lowest BCUT2D eigenvalue weighted by Gasteiger charge is -2.35. The van der Waals surface area contributed by atoms with Crippen LogP contribution >= 0.6 is 11.6 Å². The number of aromatic nitrogens is 1. The number of amides is 2. The SMILES string of the molecule is O=C1CCC[C@H](C(=O)N2CCC(Oc3cncc(Cl)c3)CC2)N1. The van der Waals surface area contributed by atoms with Crippen LogP contribution in [-0.4, -0.2) is 46.9 Å². The predicted octanol–water partition coefficient (Wildman–Crippen LogP) is 1.77. The fourth-order valence-corrected chi connectivity index (χ4v) is 3.22. The van der Waals surface area contributed by atoms with Crippen LogP contribution in [0.4, 0.5) is 0 Å². The number of carbonyl (C=O) groups is 2. The number of nitrogens with one attached hydrogen (secondary N) is 1. The molecule has 7 heteroatoms. The Kier molecular flexibility index (Phi) is 5.00. The minimum absolute atomic E-state index is 0.0266. The monoisotopic (exact) mass is 337 g/mol. The molecule has 124 valence electrons. The van der Waals surface area contributed by atoms with Gasteiger partial charge >= 0.3 is 0 Å². The van der Waals surface area contributed by atoms with Gasteiger partial charge in [-0.05, 0) is 12.8 Å². The van der Waals surface area contributed by atoms with Crippen LogP contribution in [0.5, 0.6) is 5.75 Å². The summed E-state index contributed by atoms with van der Waals surface area (Å²) in [4.78, 5) is 29.7. The number of hydrogen-bond acceptors (Lipinski definition) is 4. The van der Waals surface area contributed by atoms with E-state index in [1.54, 1.807) is 18.5 Å². The molecule has 2 aliphatic heterocycles. The lowest BCUT2D eigenvalue weighted by atomic mass is 10.0. The first-order valence-corrected chi connectivity index (χ1v) is 8.35. The highest BCUT2D eigenvalue weighted by molar-refractivity contribution is 6.30. The van der Waals surface area contributed by atoms with E-state index in [-0.39, 0.29) is 24.0 Å². The maximum atomic E-state index is 12.5. The van der Waals surface area contributed by atoms with Gasteiger partial charge in [0.15, 0.2) is 0 Å². The van der Waals surface area contributed by atoms with Crippen molar-refractivity contribution in [3.8, 4) is 5.75 Å². The number of pyridine rings is 1. The summed E-state index contributed by atoms with van der Waals surface area (Å²) in [6.07, 6.45) is 6.82. The molecule has 1 N–H and O–H groups in total. The van der Waals surface area contributed by atoms with Crippen LogP contribution < -0.4 is 10.1 Å². The summed E-state index contributed by atoms with van der Waals surface area (Å²) >= 11 is 5.90. The topological polar surface area (TPSA) is 71.5 Å². The van der Waals surface area contributed by atoms with Crippen molar-refractivity contribution in [2.24, 2.45) is 0 Å². The van der Waals surface area contributed by atoms with Crippen LogP contribution in [0.15, 0.2) is 18.5 Å².